The van der Waals surface area contributed by atoms with Gasteiger partial charge in [0, 0.05) is 41.9 Å². The van der Waals surface area contributed by atoms with Crippen LogP contribution in [0.15, 0.2) is 18.2 Å². The van der Waals surface area contributed by atoms with Gasteiger partial charge in [-0.3, -0.25) is 4.90 Å². The molecule has 1 N–H and O–H groups in total. The van der Waals surface area contributed by atoms with Crippen LogP contribution >= 0.6 is 23.2 Å². The van der Waals surface area contributed by atoms with Gasteiger partial charge in [0.1, 0.15) is 0 Å². The normalized spacial score (nSPS) is 22.1. The summed E-state index contributed by atoms with van der Waals surface area (Å²) in [5.74, 6) is 0. The van der Waals surface area contributed by atoms with Crippen LogP contribution in [0, 0.1) is 0 Å². The Hall–Kier alpha value is -0.320. The maximum absolute atomic E-state index is 6.08. The zero-order chi connectivity index (χ0) is 15.4. The topological polar surface area (TPSA) is 24.5 Å². The first-order chi connectivity index (χ1) is 10.7. The SMILES string of the molecule is Clc1cc(Cl)cc(CN2CCC(NC3CCOCC3)CC2)c1. The van der Waals surface area contributed by atoms with Gasteiger partial charge in [-0.1, -0.05) is 23.2 Å². The molecule has 3 rings (SSSR count). The summed E-state index contributed by atoms with van der Waals surface area (Å²) in [5.41, 5.74) is 1.20. The minimum Gasteiger partial charge on any atom is -0.381 e. The maximum Gasteiger partial charge on any atom is 0.0480 e. The van der Waals surface area contributed by atoms with Gasteiger partial charge in [0.2, 0.25) is 0 Å². The van der Waals surface area contributed by atoms with Gasteiger partial charge >= 0.3 is 0 Å². The number of piperidine rings is 1. The Morgan fingerprint density at radius 2 is 1.55 bits per heavy atom. The molecule has 1 aromatic rings. The fraction of sp³-hybridized carbons (Fsp3) is 0.647. The summed E-state index contributed by atoms with van der Waals surface area (Å²) < 4.78 is 5.42. The van der Waals surface area contributed by atoms with Gasteiger partial charge in [-0.05, 0) is 62.5 Å². The van der Waals surface area contributed by atoms with Crippen LogP contribution in [0.4, 0.5) is 0 Å². The van der Waals surface area contributed by atoms with Crippen molar-refractivity contribution in [1.82, 2.24) is 10.2 Å². The minimum atomic E-state index is 0.650. The van der Waals surface area contributed by atoms with Crippen LogP contribution in [0.2, 0.25) is 10.0 Å². The van der Waals surface area contributed by atoms with Crippen molar-refractivity contribution in [1.29, 1.82) is 0 Å². The summed E-state index contributed by atoms with van der Waals surface area (Å²) in [6.07, 6.45) is 4.74. The van der Waals surface area contributed by atoms with E-state index in [1.807, 2.05) is 12.1 Å². The summed E-state index contributed by atoms with van der Waals surface area (Å²) in [4.78, 5) is 2.49. The lowest BCUT2D eigenvalue weighted by Gasteiger charge is -2.35. The quantitative estimate of drug-likeness (QED) is 0.902. The molecule has 0 atom stereocenters. The molecular formula is C17H24Cl2N2O. The molecule has 0 radical (unpaired) electrons. The van der Waals surface area contributed by atoms with E-state index in [2.05, 4.69) is 10.2 Å². The summed E-state index contributed by atoms with van der Waals surface area (Å²) >= 11 is 12.2. The van der Waals surface area contributed by atoms with E-state index in [0.717, 1.165) is 55.7 Å². The molecule has 2 fully saturated rings. The van der Waals surface area contributed by atoms with E-state index in [4.69, 9.17) is 27.9 Å². The number of ether oxygens (including phenoxy) is 1. The van der Waals surface area contributed by atoms with E-state index >= 15 is 0 Å². The van der Waals surface area contributed by atoms with Crippen molar-refractivity contribution in [2.45, 2.75) is 44.3 Å². The van der Waals surface area contributed by atoms with E-state index in [0.29, 0.717) is 12.1 Å². The van der Waals surface area contributed by atoms with Gasteiger partial charge in [-0.2, -0.15) is 0 Å². The van der Waals surface area contributed by atoms with Crippen molar-refractivity contribution in [2.75, 3.05) is 26.3 Å². The third kappa shape index (κ3) is 4.84. The lowest BCUT2D eigenvalue weighted by atomic mass is 10.0. The van der Waals surface area contributed by atoms with Crippen molar-refractivity contribution in [2.24, 2.45) is 0 Å². The molecule has 0 aromatic heterocycles. The van der Waals surface area contributed by atoms with Gasteiger partial charge in [-0.25, -0.2) is 0 Å². The van der Waals surface area contributed by atoms with E-state index in [1.54, 1.807) is 6.07 Å². The molecule has 0 aliphatic carbocycles. The molecule has 2 aliphatic heterocycles. The lowest BCUT2D eigenvalue weighted by molar-refractivity contribution is 0.0703. The first kappa shape index (κ1) is 16.5. The van der Waals surface area contributed by atoms with Crippen molar-refractivity contribution in [3.63, 3.8) is 0 Å². The smallest absolute Gasteiger partial charge is 0.0480 e. The highest BCUT2D eigenvalue weighted by Crippen LogP contribution is 2.22. The predicted octanol–water partition coefficient (Wildman–Crippen LogP) is 3.73. The van der Waals surface area contributed by atoms with Crippen LogP contribution in [-0.2, 0) is 11.3 Å². The third-order valence-electron chi connectivity index (χ3n) is 4.61. The second-order valence-electron chi connectivity index (χ2n) is 6.38. The van der Waals surface area contributed by atoms with Crippen LogP contribution < -0.4 is 5.32 Å². The summed E-state index contributed by atoms with van der Waals surface area (Å²) in [6, 6.07) is 7.12. The molecule has 0 unspecified atom stereocenters. The molecule has 22 heavy (non-hydrogen) atoms. The monoisotopic (exact) mass is 342 g/mol. The van der Waals surface area contributed by atoms with Gasteiger partial charge < -0.3 is 10.1 Å². The average Bonchev–Trinajstić information content (AvgIpc) is 2.49. The number of rotatable bonds is 4. The number of hydrogen-bond acceptors (Lipinski definition) is 3. The highest BCUT2D eigenvalue weighted by atomic mass is 35.5. The van der Waals surface area contributed by atoms with Crippen molar-refractivity contribution in [3.05, 3.63) is 33.8 Å². The first-order valence-corrected chi connectivity index (χ1v) is 8.96. The Kier molecular flexibility index (Phi) is 6.00. The van der Waals surface area contributed by atoms with Crippen molar-refractivity contribution in [3.8, 4) is 0 Å². The van der Waals surface area contributed by atoms with E-state index in [-0.39, 0.29) is 0 Å². The number of benzene rings is 1. The zero-order valence-electron chi connectivity index (χ0n) is 12.9. The Morgan fingerprint density at radius 3 is 2.18 bits per heavy atom. The molecule has 3 nitrogen and oxygen atoms in total. The third-order valence-corrected chi connectivity index (χ3v) is 5.05. The van der Waals surface area contributed by atoms with Crippen LogP contribution in [-0.4, -0.2) is 43.3 Å². The minimum absolute atomic E-state index is 0.650. The van der Waals surface area contributed by atoms with E-state index in [9.17, 15) is 0 Å². The standard InChI is InChI=1S/C17H24Cl2N2O/c18-14-9-13(10-15(19)11-14)12-21-5-1-16(2-6-21)20-17-3-7-22-8-4-17/h9-11,16-17,20H,1-8,12H2. The molecule has 2 heterocycles. The van der Waals surface area contributed by atoms with Gasteiger partial charge in [0.25, 0.3) is 0 Å². The largest absolute Gasteiger partial charge is 0.381 e. The Bertz CT molecular complexity index is 463. The van der Waals surface area contributed by atoms with Gasteiger partial charge in [-0.15, -0.1) is 0 Å². The van der Waals surface area contributed by atoms with Crippen LogP contribution in [0.1, 0.15) is 31.2 Å². The summed E-state index contributed by atoms with van der Waals surface area (Å²) in [5, 5.41) is 5.25. The highest BCUT2D eigenvalue weighted by molar-refractivity contribution is 6.34. The van der Waals surface area contributed by atoms with Crippen LogP contribution in [0.5, 0.6) is 0 Å². The van der Waals surface area contributed by atoms with E-state index < -0.39 is 0 Å². The first-order valence-electron chi connectivity index (χ1n) is 8.20. The molecule has 0 spiro atoms. The highest BCUT2D eigenvalue weighted by Gasteiger charge is 2.23. The average molecular weight is 343 g/mol. The molecule has 5 heteroatoms. The Balaban J connectivity index is 1.45. The predicted molar refractivity (Wildman–Crippen MR) is 91.7 cm³/mol. The van der Waals surface area contributed by atoms with Crippen molar-refractivity contribution < 1.29 is 4.74 Å². The molecule has 122 valence electrons. The van der Waals surface area contributed by atoms with Crippen molar-refractivity contribution >= 4 is 23.2 Å². The molecule has 0 saturated carbocycles. The second kappa shape index (κ2) is 7.98. The van der Waals surface area contributed by atoms with Crippen LogP contribution in [0.3, 0.4) is 0 Å². The molecule has 0 amide bonds. The number of nitrogens with zero attached hydrogens (tertiary/aromatic N) is 1. The second-order valence-corrected chi connectivity index (χ2v) is 7.25. The summed E-state index contributed by atoms with van der Waals surface area (Å²) in [7, 11) is 0. The molecule has 2 saturated heterocycles. The van der Waals surface area contributed by atoms with Gasteiger partial charge in [0.15, 0.2) is 0 Å². The maximum atomic E-state index is 6.08. The summed E-state index contributed by atoms with van der Waals surface area (Å²) in [6.45, 7) is 5.01. The molecule has 0 bridgehead atoms. The van der Waals surface area contributed by atoms with Gasteiger partial charge in [0.05, 0.1) is 0 Å². The fourth-order valence-corrected chi connectivity index (χ4v) is 3.99. The molecule has 1 aromatic carbocycles. The Morgan fingerprint density at radius 1 is 0.955 bits per heavy atom. The fourth-order valence-electron chi connectivity index (χ4n) is 3.42. The lowest BCUT2D eigenvalue weighted by Crippen LogP contribution is -2.47. The van der Waals surface area contributed by atoms with Crippen LogP contribution in [0.25, 0.3) is 0 Å². The number of nitrogens with one attached hydrogen (secondary N) is 1. The number of halogens is 2. The number of likely N-dealkylation sites (tertiary alicyclic amines) is 1. The Labute approximate surface area is 142 Å². The number of hydrogen-bond donors (Lipinski definition) is 1. The molecule has 2 aliphatic rings. The van der Waals surface area contributed by atoms with E-state index in [1.165, 1.54) is 18.4 Å². The molecular weight excluding hydrogens is 319 g/mol. The zero-order valence-corrected chi connectivity index (χ0v) is 14.4.